The minimum Gasteiger partial charge on any atom is -0.381 e. The van der Waals surface area contributed by atoms with Gasteiger partial charge in [-0.2, -0.15) is 0 Å². The molecule has 4 fully saturated rings. The fourth-order valence-electron chi connectivity index (χ4n) is 8.22. The number of aromatic nitrogens is 10. The van der Waals surface area contributed by atoms with Gasteiger partial charge in [0, 0.05) is 77.5 Å². The zero-order valence-electron chi connectivity index (χ0n) is 37.2. The summed E-state index contributed by atoms with van der Waals surface area (Å²) in [7, 11) is -4.60. The van der Waals surface area contributed by atoms with Crippen LogP contribution in [0.5, 0.6) is 0 Å². The summed E-state index contributed by atoms with van der Waals surface area (Å²) in [6.07, 6.45) is 6.09. The van der Waals surface area contributed by atoms with Crippen molar-refractivity contribution in [2.75, 3.05) is 80.3 Å². The number of nitrogens with zero attached hydrogens (tertiary/aromatic N) is 10. The van der Waals surface area contributed by atoms with Crippen molar-refractivity contribution in [2.24, 2.45) is 0 Å². The molecule has 22 nitrogen and oxygen atoms in total. The number of hydrogen-bond donors (Lipinski definition) is 0. The Hall–Kier alpha value is -3.40. The Morgan fingerprint density at radius 1 is 0.576 bits per heavy atom. The molecule has 4 aromatic rings. The Kier molecular flexibility index (Phi) is 17.8. The first kappa shape index (κ1) is 50.5. The number of methoxy groups -OCH3 is 2. The first-order chi connectivity index (χ1) is 31.8. The zero-order valence-corrected chi connectivity index (χ0v) is 40.3. The highest BCUT2D eigenvalue weighted by Gasteiger charge is 2.39. The molecular formula is C40H56Cl2N10O12S2. The Bertz CT molecular complexity index is 2210. The summed E-state index contributed by atoms with van der Waals surface area (Å²) in [4.78, 5) is 16.5. The van der Waals surface area contributed by atoms with Crippen molar-refractivity contribution in [2.45, 2.75) is 98.0 Å². The van der Waals surface area contributed by atoms with Crippen molar-refractivity contribution in [3.63, 3.8) is 0 Å². The standard InChI is InChI=1S/2C20H28ClN5O6S/c2*1-13(18(29-2)19-22-9-14(21)10-23-19)33(27,28)12-17-24-25-20(16-11-31-7-8-32-16)26(17)15-3-5-30-6-4-15/h2*9-10,13,15-16,18H,3-8,11-12H2,1-2H3/t13-,16+,18-;13-,16-,18-/m00/s1. The Balaban J connectivity index is 0.000000196. The maximum absolute atomic E-state index is 13.4. The normalized spacial score (nSPS) is 22.2. The van der Waals surface area contributed by atoms with Crippen LogP contribution in [0, 0.1) is 0 Å². The van der Waals surface area contributed by atoms with Gasteiger partial charge >= 0.3 is 0 Å². The molecule has 364 valence electrons. The molecule has 0 aliphatic carbocycles. The average molecular weight is 1000 g/mol. The van der Waals surface area contributed by atoms with E-state index in [0.717, 1.165) is 25.7 Å². The summed E-state index contributed by atoms with van der Waals surface area (Å²) in [5.41, 5.74) is 0. The summed E-state index contributed by atoms with van der Waals surface area (Å²) >= 11 is 11.7. The van der Waals surface area contributed by atoms with Gasteiger partial charge in [-0.25, -0.2) is 36.8 Å². The van der Waals surface area contributed by atoms with Gasteiger partial charge in [0.2, 0.25) is 0 Å². The Morgan fingerprint density at radius 3 is 1.26 bits per heavy atom. The van der Waals surface area contributed by atoms with Gasteiger partial charge in [0.05, 0.1) is 60.2 Å². The molecule has 8 rings (SSSR count). The van der Waals surface area contributed by atoms with Crippen molar-refractivity contribution in [1.82, 2.24) is 49.5 Å². The third kappa shape index (κ3) is 12.2. The number of ether oxygens (including phenoxy) is 8. The lowest BCUT2D eigenvalue weighted by Crippen LogP contribution is -2.32. The van der Waals surface area contributed by atoms with Crippen LogP contribution < -0.4 is 0 Å². The van der Waals surface area contributed by atoms with Crippen molar-refractivity contribution >= 4 is 42.9 Å². The van der Waals surface area contributed by atoms with E-state index in [1.54, 1.807) is 13.8 Å². The zero-order chi connectivity index (χ0) is 46.8. The first-order valence-corrected chi connectivity index (χ1v) is 25.8. The quantitative estimate of drug-likeness (QED) is 0.155. The lowest BCUT2D eigenvalue weighted by Gasteiger charge is -2.29. The van der Waals surface area contributed by atoms with E-state index in [2.05, 4.69) is 40.3 Å². The highest BCUT2D eigenvalue weighted by molar-refractivity contribution is 7.91. The summed E-state index contributed by atoms with van der Waals surface area (Å²) < 4.78 is 102. The van der Waals surface area contributed by atoms with Gasteiger partial charge in [-0.1, -0.05) is 23.2 Å². The van der Waals surface area contributed by atoms with Crippen molar-refractivity contribution in [3.8, 4) is 0 Å². The molecule has 6 atom stereocenters. The van der Waals surface area contributed by atoms with Gasteiger partial charge in [-0.3, -0.25) is 0 Å². The highest BCUT2D eigenvalue weighted by Crippen LogP contribution is 2.34. The van der Waals surface area contributed by atoms with E-state index in [1.807, 2.05) is 9.13 Å². The second kappa shape index (κ2) is 23.3. The molecular weight excluding hydrogens is 948 g/mol. The molecule has 0 bridgehead atoms. The van der Waals surface area contributed by atoms with E-state index >= 15 is 0 Å². The third-order valence-corrected chi connectivity index (χ3v) is 16.3. The van der Waals surface area contributed by atoms with Crippen molar-refractivity contribution < 1.29 is 54.7 Å². The Labute approximate surface area is 393 Å². The third-order valence-electron chi connectivity index (χ3n) is 11.8. The molecule has 4 aliphatic heterocycles. The van der Waals surface area contributed by atoms with Crippen molar-refractivity contribution in [1.29, 1.82) is 0 Å². The largest absolute Gasteiger partial charge is 0.381 e. The molecule has 0 N–H and O–H groups in total. The smallest absolute Gasteiger partial charge is 0.164 e. The molecule has 0 saturated carbocycles. The molecule has 8 heterocycles. The van der Waals surface area contributed by atoms with Gasteiger partial charge in [-0.05, 0) is 39.5 Å². The number of rotatable bonds is 16. The van der Waals surface area contributed by atoms with Crippen LogP contribution in [-0.4, -0.2) is 157 Å². The molecule has 4 aliphatic rings. The first-order valence-electron chi connectivity index (χ1n) is 21.7. The van der Waals surface area contributed by atoms with Gasteiger partial charge in [0.15, 0.2) is 43.0 Å². The van der Waals surface area contributed by atoms with E-state index in [-0.39, 0.29) is 35.2 Å². The fourth-order valence-corrected chi connectivity index (χ4v) is 11.3. The highest BCUT2D eigenvalue weighted by atomic mass is 35.5. The van der Waals surface area contributed by atoms with Gasteiger partial charge in [0.25, 0.3) is 0 Å². The SMILES string of the molecule is CO[C@H](c1ncc(Cl)cn1)[C@H](C)S(=O)(=O)Cc1nnc([C@@H]2COCCO2)n1C1CCOCC1.CO[C@H](c1ncc(Cl)cn1)[C@H](C)S(=O)(=O)Cc1nnc([C@H]2COCCO2)n1C1CCOCC1. The van der Waals surface area contributed by atoms with Crippen LogP contribution in [0.4, 0.5) is 0 Å². The van der Waals surface area contributed by atoms with Crippen LogP contribution in [0.15, 0.2) is 24.8 Å². The van der Waals surface area contributed by atoms with Gasteiger partial charge < -0.3 is 47.0 Å². The fraction of sp³-hybridized carbons (Fsp3) is 0.700. The molecule has 0 amide bonds. The number of halogens is 2. The molecule has 26 heteroatoms. The van der Waals surface area contributed by atoms with Crippen LogP contribution in [0.3, 0.4) is 0 Å². The lowest BCUT2D eigenvalue weighted by atomic mass is 10.1. The average Bonchev–Trinajstić information content (AvgIpc) is 3.95. The molecule has 0 unspecified atom stereocenters. The second-order valence-electron chi connectivity index (χ2n) is 16.1. The predicted octanol–water partition coefficient (Wildman–Crippen LogP) is 3.70. The van der Waals surface area contributed by atoms with E-state index in [9.17, 15) is 16.8 Å². The molecule has 0 spiro atoms. The summed E-state index contributed by atoms with van der Waals surface area (Å²) in [6, 6.07) is 0.0419. The van der Waals surface area contributed by atoms with E-state index in [4.69, 9.17) is 61.1 Å². The van der Waals surface area contributed by atoms with Crippen LogP contribution in [-0.2, 0) is 69.1 Å². The number of hydrogen-bond acceptors (Lipinski definition) is 20. The van der Waals surface area contributed by atoms with Crippen LogP contribution in [0.2, 0.25) is 10.0 Å². The monoisotopic (exact) mass is 1000 g/mol. The van der Waals surface area contributed by atoms with Crippen molar-refractivity contribution in [3.05, 3.63) is 69.8 Å². The predicted molar refractivity (Wildman–Crippen MR) is 235 cm³/mol. The maximum atomic E-state index is 13.4. The Morgan fingerprint density at radius 2 is 0.939 bits per heavy atom. The maximum Gasteiger partial charge on any atom is 0.164 e. The van der Waals surface area contributed by atoms with Crippen LogP contribution in [0.25, 0.3) is 0 Å². The molecule has 4 aromatic heterocycles. The summed E-state index contributed by atoms with van der Waals surface area (Å²) in [6.45, 7) is 8.16. The molecule has 66 heavy (non-hydrogen) atoms. The van der Waals surface area contributed by atoms with Gasteiger partial charge in [-0.15, -0.1) is 20.4 Å². The van der Waals surface area contributed by atoms with Gasteiger partial charge in [0.1, 0.15) is 47.6 Å². The van der Waals surface area contributed by atoms with E-state index in [1.165, 1.54) is 39.0 Å². The lowest BCUT2D eigenvalue weighted by molar-refractivity contribution is -0.0957. The van der Waals surface area contributed by atoms with Crippen LogP contribution in [0.1, 0.15) is 111 Å². The summed E-state index contributed by atoms with van der Waals surface area (Å²) in [5, 5.41) is 16.0. The molecule has 4 saturated heterocycles. The molecule has 0 radical (unpaired) electrons. The van der Waals surface area contributed by atoms with E-state index in [0.29, 0.717) is 99.4 Å². The van der Waals surface area contributed by atoms with Crippen LogP contribution >= 0.6 is 23.2 Å². The minimum atomic E-state index is -3.73. The topological polar surface area (TPSA) is 255 Å². The molecule has 0 aromatic carbocycles. The summed E-state index contributed by atoms with van der Waals surface area (Å²) in [5.74, 6) is 1.79. The minimum absolute atomic E-state index is 0.0209. The van der Waals surface area contributed by atoms with E-state index < -0.39 is 54.6 Å². The number of sulfone groups is 2. The second-order valence-corrected chi connectivity index (χ2v) is 21.7.